The second-order valence-corrected chi connectivity index (χ2v) is 6.82. The van der Waals surface area contributed by atoms with Crippen LogP contribution in [0.5, 0.6) is 0 Å². The molecule has 4 atom stereocenters. The summed E-state index contributed by atoms with van der Waals surface area (Å²) in [7, 11) is 0. The van der Waals surface area contributed by atoms with E-state index in [9.17, 15) is 19.5 Å². The maximum absolute atomic E-state index is 12.5. The average Bonchev–Trinajstić information content (AvgIpc) is 2.99. The number of carbonyl (C=O) groups excluding carboxylic acids is 3. The fourth-order valence-electron chi connectivity index (χ4n) is 3.34. The first-order valence-electron chi connectivity index (χ1n) is 7.94. The van der Waals surface area contributed by atoms with E-state index in [0.717, 1.165) is 0 Å². The Bertz CT molecular complexity index is 607. The molecule has 0 saturated heterocycles. The van der Waals surface area contributed by atoms with Gasteiger partial charge in [0.15, 0.2) is 5.78 Å². The van der Waals surface area contributed by atoms with Crippen molar-refractivity contribution in [1.82, 2.24) is 0 Å². The standard InChI is InChI=1S/C17H22O6S/c1-4-22-15(19)13-11(18)8-17(3,21)14(16(20)23-5-2)12(13)10-6-7-24-9-10/h6-7,9,12-14,21H,4-5,8H2,1-3H3. The van der Waals surface area contributed by atoms with Crippen LogP contribution in [0.15, 0.2) is 16.8 Å². The summed E-state index contributed by atoms with van der Waals surface area (Å²) in [4.78, 5) is 37.4. The van der Waals surface area contributed by atoms with E-state index in [1.165, 1.54) is 18.3 Å². The van der Waals surface area contributed by atoms with Gasteiger partial charge in [0.25, 0.3) is 0 Å². The summed E-state index contributed by atoms with van der Waals surface area (Å²) in [5, 5.41) is 14.3. The molecule has 1 heterocycles. The first-order valence-corrected chi connectivity index (χ1v) is 8.88. The Hall–Kier alpha value is -1.73. The van der Waals surface area contributed by atoms with E-state index in [1.807, 2.05) is 0 Å². The highest BCUT2D eigenvalue weighted by Gasteiger charge is 2.57. The molecule has 1 aromatic heterocycles. The smallest absolute Gasteiger partial charge is 0.317 e. The van der Waals surface area contributed by atoms with Gasteiger partial charge in [0.05, 0.1) is 24.7 Å². The predicted molar refractivity (Wildman–Crippen MR) is 87.6 cm³/mol. The van der Waals surface area contributed by atoms with Gasteiger partial charge >= 0.3 is 11.9 Å². The summed E-state index contributed by atoms with van der Waals surface area (Å²) in [6.45, 7) is 5.05. The molecule has 2 rings (SSSR count). The molecule has 1 fully saturated rings. The van der Waals surface area contributed by atoms with Crippen molar-refractivity contribution >= 4 is 29.1 Å². The normalized spacial score (nSPS) is 30.0. The highest BCUT2D eigenvalue weighted by atomic mass is 32.1. The Balaban J connectivity index is 2.53. The molecule has 0 radical (unpaired) electrons. The number of ketones is 1. The third-order valence-corrected chi connectivity index (χ3v) is 4.98. The van der Waals surface area contributed by atoms with Crippen LogP contribution in [-0.2, 0) is 23.9 Å². The molecule has 0 spiro atoms. The summed E-state index contributed by atoms with van der Waals surface area (Å²) < 4.78 is 10.2. The van der Waals surface area contributed by atoms with Gasteiger partial charge in [0.2, 0.25) is 0 Å². The van der Waals surface area contributed by atoms with E-state index in [4.69, 9.17) is 9.47 Å². The van der Waals surface area contributed by atoms with Crippen LogP contribution >= 0.6 is 11.3 Å². The maximum atomic E-state index is 12.5. The van der Waals surface area contributed by atoms with Crippen LogP contribution in [0, 0.1) is 11.8 Å². The molecule has 1 aliphatic carbocycles. The quantitative estimate of drug-likeness (QED) is 0.642. The summed E-state index contributed by atoms with van der Waals surface area (Å²) >= 11 is 1.39. The Morgan fingerprint density at radius 3 is 2.46 bits per heavy atom. The van der Waals surface area contributed by atoms with Gasteiger partial charge in [-0.2, -0.15) is 11.3 Å². The third-order valence-electron chi connectivity index (χ3n) is 4.28. The molecule has 132 valence electrons. The van der Waals surface area contributed by atoms with Crippen LogP contribution in [-0.4, -0.2) is 41.6 Å². The molecule has 1 aliphatic rings. The number of Topliss-reactive ketones (excluding diaryl/α,β-unsaturated/α-hetero) is 1. The van der Waals surface area contributed by atoms with Gasteiger partial charge in [-0.25, -0.2) is 0 Å². The SMILES string of the molecule is CCOC(=O)C1C(=O)CC(C)(O)C(C(=O)OCC)C1c1ccsc1. The van der Waals surface area contributed by atoms with Crippen LogP contribution in [0.25, 0.3) is 0 Å². The van der Waals surface area contributed by atoms with E-state index in [-0.39, 0.29) is 19.6 Å². The fraction of sp³-hybridized carbons (Fsp3) is 0.588. The number of aliphatic hydroxyl groups is 1. The van der Waals surface area contributed by atoms with Crippen molar-refractivity contribution in [3.05, 3.63) is 22.4 Å². The van der Waals surface area contributed by atoms with Crippen LogP contribution in [0.4, 0.5) is 0 Å². The zero-order valence-corrected chi connectivity index (χ0v) is 14.8. The lowest BCUT2D eigenvalue weighted by atomic mass is 9.62. The molecule has 1 saturated carbocycles. The van der Waals surface area contributed by atoms with Gasteiger partial charge in [-0.1, -0.05) is 0 Å². The lowest BCUT2D eigenvalue weighted by molar-refractivity contribution is -0.172. The van der Waals surface area contributed by atoms with Gasteiger partial charge in [-0.05, 0) is 43.2 Å². The number of ether oxygens (including phenoxy) is 2. The number of thiophene rings is 1. The Morgan fingerprint density at radius 2 is 1.92 bits per heavy atom. The number of esters is 2. The highest BCUT2D eigenvalue weighted by Crippen LogP contribution is 2.47. The van der Waals surface area contributed by atoms with E-state index < -0.39 is 41.1 Å². The van der Waals surface area contributed by atoms with Gasteiger partial charge < -0.3 is 14.6 Å². The topological polar surface area (TPSA) is 89.9 Å². The maximum Gasteiger partial charge on any atom is 0.317 e. The van der Waals surface area contributed by atoms with Crippen molar-refractivity contribution < 1.29 is 29.0 Å². The molecule has 0 aliphatic heterocycles. The zero-order valence-electron chi connectivity index (χ0n) is 14.0. The first-order chi connectivity index (χ1) is 11.3. The van der Waals surface area contributed by atoms with Gasteiger partial charge in [0, 0.05) is 12.3 Å². The monoisotopic (exact) mass is 354 g/mol. The summed E-state index contributed by atoms with van der Waals surface area (Å²) in [6.07, 6.45) is -0.291. The van der Waals surface area contributed by atoms with E-state index >= 15 is 0 Å². The Kier molecular flexibility index (Phi) is 5.77. The molecule has 1 aromatic rings. The molecular formula is C17H22O6S. The van der Waals surface area contributed by atoms with Crippen LogP contribution in [0.2, 0.25) is 0 Å². The second-order valence-electron chi connectivity index (χ2n) is 6.04. The molecule has 0 aromatic carbocycles. The number of rotatable bonds is 5. The lowest BCUT2D eigenvalue weighted by Crippen LogP contribution is -2.55. The average molecular weight is 354 g/mol. The summed E-state index contributed by atoms with van der Waals surface area (Å²) in [5.74, 6) is -4.63. The zero-order chi connectivity index (χ0) is 17.9. The minimum Gasteiger partial charge on any atom is -0.466 e. The van der Waals surface area contributed by atoms with Crippen molar-refractivity contribution in [2.24, 2.45) is 11.8 Å². The van der Waals surface area contributed by atoms with Crippen molar-refractivity contribution in [3.63, 3.8) is 0 Å². The Morgan fingerprint density at radius 1 is 1.29 bits per heavy atom. The molecule has 6 nitrogen and oxygen atoms in total. The van der Waals surface area contributed by atoms with Crippen molar-refractivity contribution in [3.8, 4) is 0 Å². The van der Waals surface area contributed by atoms with E-state index in [1.54, 1.807) is 30.7 Å². The minimum absolute atomic E-state index is 0.138. The number of hydrogen-bond acceptors (Lipinski definition) is 7. The predicted octanol–water partition coefficient (Wildman–Crippen LogP) is 1.91. The fourth-order valence-corrected chi connectivity index (χ4v) is 4.05. The van der Waals surface area contributed by atoms with Crippen LogP contribution in [0.1, 0.15) is 38.7 Å². The Labute approximate surface area is 144 Å². The van der Waals surface area contributed by atoms with E-state index in [0.29, 0.717) is 5.56 Å². The van der Waals surface area contributed by atoms with Gasteiger partial charge in [-0.3, -0.25) is 14.4 Å². The molecule has 7 heteroatoms. The summed E-state index contributed by atoms with van der Waals surface area (Å²) in [6, 6.07) is 1.75. The van der Waals surface area contributed by atoms with E-state index in [2.05, 4.69) is 0 Å². The lowest BCUT2D eigenvalue weighted by Gasteiger charge is -2.43. The minimum atomic E-state index is -1.58. The molecule has 4 unspecified atom stereocenters. The van der Waals surface area contributed by atoms with Crippen molar-refractivity contribution in [2.45, 2.75) is 38.7 Å². The largest absolute Gasteiger partial charge is 0.466 e. The molecule has 1 N–H and O–H groups in total. The first kappa shape index (κ1) is 18.6. The number of hydrogen-bond donors (Lipinski definition) is 1. The molecule has 0 bridgehead atoms. The van der Waals surface area contributed by atoms with Crippen molar-refractivity contribution in [1.29, 1.82) is 0 Å². The van der Waals surface area contributed by atoms with Gasteiger partial charge in [0.1, 0.15) is 5.92 Å². The summed E-state index contributed by atoms with van der Waals surface area (Å²) in [5.41, 5.74) is -0.928. The van der Waals surface area contributed by atoms with Gasteiger partial charge in [-0.15, -0.1) is 0 Å². The highest BCUT2D eigenvalue weighted by molar-refractivity contribution is 7.08. The van der Waals surface area contributed by atoms with Crippen LogP contribution < -0.4 is 0 Å². The molecular weight excluding hydrogens is 332 g/mol. The second kappa shape index (κ2) is 7.44. The van der Waals surface area contributed by atoms with Crippen molar-refractivity contribution in [2.75, 3.05) is 13.2 Å². The number of carbonyl (C=O) groups is 3. The van der Waals surface area contributed by atoms with Crippen LogP contribution in [0.3, 0.4) is 0 Å². The molecule has 24 heavy (non-hydrogen) atoms. The molecule has 0 amide bonds. The third kappa shape index (κ3) is 3.52.